The number of hydrogen-bond donors (Lipinski definition) is 2. The first-order chi connectivity index (χ1) is 9.24. The predicted molar refractivity (Wildman–Crippen MR) is 73.2 cm³/mol. The fourth-order valence-electron chi connectivity index (χ4n) is 2.38. The average molecular weight is 256 g/mol. The van der Waals surface area contributed by atoms with Gasteiger partial charge in [-0.2, -0.15) is 10.3 Å². The summed E-state index contributed by atoms with van der Waals surface area (Å²) in [7, 11) is 0. The van der Waals surface area contributed by atoms with Gasteiger partial charge < -0.3 is 0 Å². The number of rotatable bonds is 2. The van der Waals surface area contributed by atoms with Gasteiger partial charge in [-0.15, -0.1) is 5.10 Å². The minimum atomic E-state index is 0.392. The zero-order valence-electron chi connectivity index (χ0n) is 11.1. The molecule has 1 aromatic heterocycles. The number of hydrazone groups is 1. The molecule has 6 heteroatoms. The van der Waals surface area contributed by atoms with Gasteiger partial charge in [-0.1, -0.05) is 11.2 Å². The van der Waals surface area contributed by atoms with Crippen LogP contribution in [0.5, 0.6) is 0 Å². The first kappa shape index (κ1) is 11.8. The van der Waals surface area contributed by atoms with E-state index >= 15 is 0 Å². The Morgan fingerprint density at radius 2 is 2.05 bits per heavy atom. The molecule has 2 N–H and O–H groups in total. The molecule has 0 fully saturated rings. The summed E-state index contributed by atoms with van der Waals surface area (Å²) in [4.78, 5) is 0. The maximum atomic E-state index is 4.42. The second-order valence-electron chi connectivity index (χ2n) is 4.85. The summed E-state index contributed by atoms with van der Waals surface area (Å²) >= 11 is 0. The molecule has 2 aromatic rings. The van der Waals surface area contributed by atoms with Crippen molar-refractivity contribution in [2.75, 3.05) is 5.43 Å². The van der Waals surface area contributed by atoms with Crippen molar-refractivity contribution in [3.8, 4) is 0 Å². The molecular weight excluding hydrogens is 240 g/mol. The van der Waals surface area contributed by atoms with Crippen LogP contribution in [-0.4, -0.2) is 26.3 Å². The molecule has 0 amide bonds. The van der Waals surface area contributed by atoms with E-state index in [2.05, 4.69) is 57.1 Å². The van der Waals surface area contributed by atoms with E-state index in [4.69, 9.17) is 0 Å². The number of tetrazole rings is 1. The van der Waals surface area contributed by atoms with E-state index in [1.54, 1.807) is 0 Å². The Kier molecular flexibility index (Phi) is 2.98. The molecule has 1 heterocycles. The maximum Gasteiger partial charge on any atom is 0.283 e. The first-order valence-corrected chi connectivity index (χ1v) is 6.40. The molecule has 0 saturated carbocycles. The minimum Gasteiger partial charge on any atom is -0.242 e. The van der Waals surface area contributed by atoms with E-state index in [0.717, 1.165) is 25.0 Å². The van der Waals surface area contributed by atoms with E-state index in [-0.39, 0.29) is 0 Å². The molecule has 1 aliphatic rings. The fraction of sp³-hybridized carbons (Fsp3) is 0.385. The van der Waals surface area contributed by atoms with E-state index in [1.165, 1.54) is 22.3 Å². The molecule has 0 bridgehead atoms. The van der Waals surface area contributed by atoms with Crippen molar-refractivity contribution in [1.29, 1.82) is 0 Å². The fourth-order valence-corrected chi connectivity index (χ4v) is 2.38. The van der Waals surface area contributed by atoms with Crippen molar-refractivity contribution in [2.45, 2.75) is 33.1 Å². The van der Waals surface area contributed by atoms with Crippen LogP contribution in [0.1, 0.15) is 35.1 Å². The van der Waals surface area contributed by atoms with Crippen LogP contribution in [0, 0.1) is 13.8 Å². The highest BCUT2D eigenvalue weighted by atomic mass is 15.5. The lowest BCUT2D eigenvalue weighted by Crippen LogP contribution is -2.14. The zero-order valence-corrected chi connectivity index (χ0v) is 11.1. The van der Waals surface area contributed by atoms with Crippen LogP contribution < -0.4 is 5.43 Å². The van der Waals surface area contributed by atoms with Crippen LogP contribution in [0.3, 0.4) is 0 Å². The number of aryl methyl sites for hydroxylation is 3. The highest BCUT2D eigenvalue weighted by Crippen LogP contribution is 2.25. The second kappa shape index (κ2) is 4.79. The van der Waals surface area contributed by atoms with Gasteiger partial charge in [0.15, 0.2) is 0 Å². The third-order valence-electron chi connectivity index (χ3n) is 3.53. The number of nitrogens with one attached hydrogen (secondary N) is 2. The van der Waals surface area contributed by atoms with Crippen LogP contribution >= 0.6 is 0 Å². The molecule has 0 atom stereocenters. The standard InChI is InChI=1S/C13H16N6/c1-8-6-10-4-3-5-12(11(10)7-9(8)2)14-15-13-16-18-19-17-13/h6-7H,3-5H2,1-2H3,(H2,15,16,17,18,19)/b14-12-. The molecular formula is C13H16N6. The number of aromatic amines is 1. The topological polar surface area (TPSA) is 78.9 Å². The van der Waals surface area contributed by atoms with E-state index < -0.39 is 0 Å². The van der Waals surface area contributed by atoms with Crippen LogP contribution in [0.15, 0.2) is 17.2 Å². The molecule has 1 aromatic carbocycles. The lowest BCUT2D eigenvalue weighted by Gasteiger charge is -2.19. The molecule has 98 valence electrons. The quantitative estimate of drug-likeness (QED) is 0.805. The van der Waals surface area contributed by atoms with Crippen LogP contribution in [0.25, 0.3) is 0 Å². The van der Waals surface area contributed by atoms with Gasteiger partial charge in [0, 0.05) is 5.56 Å². The molecule has 0 unspecified atom stereocenters. The van der Waals surface area contributed by atoms with Crippen molar-refractivity contribution < 1.29 is 0 Å². The van der Waals surface area contributed by atoms with Crippen molar-refractivity contribution in [3.63, 3.8) is 0 Å². The summed E-state index contributed by atoms with van der Waals surface area (Å²) in [5.74, 6) is 0.392. The van der Waals surface area contributed by atoms with Gasteiger partial charge in [-0.3, -0.25) is 0 Å². The number of aromatic nitrogens is 4. The van der Waals surface area contributed by atoms with Gasteiger partial charge in [0.1, 0.15) is 0 Å². The molecule has 19 heavy (non-hydrogen) atoms. The van der Waals surface area contributed by atoms with Gasteiger partial charge in [0.2, 0.25) is 0 Å². The molecule has 1 aliphatic carbocycles. The summed E-state index contributed by atoms with van der Waals surface area (Å²) in [5.41, 5.74) is 9.16. The van der Waals surface area contributed by atoms with E-state index in [1.807, 2.05) is 0 Å². The summed E-state index contributed by atoms with van der Waals surface area (Å²) in [6.45, 7) is 4.28. The first-order valence-electron chi connectivity index (χ1n) is 6.40. The number of hydrogen-bond acceptors (Lipinski definition) is 5. The number of nitrogens with zero attached hydrogens (tertiary/aromatic N) is 4. The molecule has 0 saturated heterocycles. The number of fused-ring (bicyclic) bond motifs is 1. The third-order valence-corrected chi connectivity index (χ3v) is 3.53. The van der Waals surface area contributed by atoms with Crippen molar-refractivity contribution in [1.82, 2.24) is 20.6 Å². The maximum absolute atomic E-state index is 4.42. The number of H-pyrrole nitrogens is 1. The lowest BCUT2D eigenvalue weighted by molar-refractivity contribution is 0.834. The van der Waals surface area contributed by atoms with Crippen molar-refractivity contribution in [3.05, 3.63) is 34.4 Å². The predicted octanol–water partition coefficient (Wildman–Crippen LogP) is 1.97. The Bertz CT molecular complexity index is 614. The minimum absolute atomic E-state index is 0.392. The SMILES string of the molecule is Cc1cc2c(cc1C)/C(=N\Nc1nn[nH]n1)CCC2. The molecule has 0 radical (unpaired) electrons. The highest BCUT2D eigenvalue weighted by molar-refractivity contribution is 6.03. The van der Waals surface area contributed by atoms with Gasteiger partial charge in [-0.05, 0) is 61.1 Å². The monoisotopic (exact) mass is 256 g/mol. The Hall–Kier alpha value is -2.24. The summed E-state index contributed by atoms with van der Waals surface area (Å²) in [6.07, 6.45) is 3.22. The summed E-state index contributed by atoms with van der Waals surface area (Å²) < 4.78 is 0. The Balaban J connectivity index is 1.93. The molecule has 3 rings (SSSR count). The van der Waals surface area contributed by atoms with Crippen LogP contribution in [-0.2, 0) is 6.42 Å². The lowest BCUT2D eigenvalue weighted by atomic mass is 9.87. The smallest absolute Gasteiger partial charge is 0.242 e. The molecule has 0 spiro atoms. The highest BCUT2D eigenvalue weighted by Gasteiger charge is 2.16. The van der Waals surface area contributed by atoms with Gasteiger partial charge in [-0.25, -0.2) is 5.43 Å². The summed E-state index contributed by atoms with van der Waals surface area (Å²) in [6, 6.07) is 4.49. The van der Waals surface area contributed by atoms with Gasteiger partial charge in [0.05, 0.1) is 5.71 Å². The van der Waals surface area contributed by atoms with Crippen LogP contribution in [0.4, 0.5) is 5.95 Å². The zero-order chi connectivity index (χ0) is 13.2. The number of benzene rings is 1. The Morgan fingerprint density at radius 3 is 2.84 bits per heavy atom. The second-order valence-corrected chi connectivity index (χ2v) is 4.85. The third kappa shape index (κ3) is 2.33. The Morgan fingerprint density at radius 1 is 1.21 bits per heavy atom. The normalized spacial score (nSPS) is 16.4. The van der Waals surface area contributed by atoms with Crippen LogP contribution in [0.2, 0.25) is 0 Å². The largest absolute Gasteiger partial charge is 0.283 e. The van der Waals surface area contributed by atoms with Crippen molar-refractivity contribution in [2.24, 2.45) is 5.10 Å². The van der Waals surface area contributed by atoms with Gasteiger partial charge >= 0.3 is 0 Å². The molecule has 6 nitrogen and oxygen atoms in total. The molecule has 0 aliphatic heterocycles. The number of anilines is 1. The Labute approximate surface area is 111 Å². The van der Waals surface area contributed by atoms with Crippen molar-refractivity contribution >= 4 is 11.7 Å². The van der Waals surface area contributed by atoms with Gasteiger partial charge in [0.25, 0.3) is 5.95 Å². The summed E-state index contributed by atoms with van der Waals surface area (Å²) in [5, 5.41) is 17.9. The van der Waals surface area contributed by atoms with E-state index in [9.17, 15) is 0 Å². The average Bonchev–Trinajstić information content (AvgIpc) is 2.91. The van der Waals surface area contributed by atoms with E-state index in [0.29, 0.717) is 5.95 Å².